The highest BCUT2D eigenvalue weighted by Gasteiger charge is 2.54. The van der Waals surface area contributed by atoms with Crippen molar-refractivity contribution in [1.29, 1.82) is 0 Å². The van der Waals surface area contributed by atoms with E-state index < -0.39 is 8.32 Å². The fraction of sp³-hybridized carbons (Fsp3) is 0.367. The second-order valence-electron chi connectivity index (χ2n) is 10.9. The van der Waals surface area contributed by atoms with E-state index in [0.717, 1.165) is 19.6 Å². The van der Waals surface area contributed by atoms with Gasteiger partial charge >= 0.3 is 5.97 Å². The third-order valence-corrected chi connectivity index (χ3v) is 12.6. The summed E-state index contributed by atoms with van der Waals surface area (Å²) in [6.07, 6.45) is -0.213. The molecule has 3 aromatic carbocycles. The molecule has 0 radical (unpaired) electrons. The van der Waals surface area contributed by atoms with Crippen LogP contribution in [0.25, 0.3) is 0 Å². The fourth-order valence-corrected chi connectivity index (χ4v) is 10.5. The predicted octanol–water partition coefficient (Wildman–Crippen LogP) is 4.24. The van der Waals surface area contributed by atoms with Crippen LogP contribution in [0.4, 0.5) is 0 Å². The number of ether oxygens (including phenoxy) is 1. The first-order valence-corrected chi connectivity index (χ1v) is 14.5. The molecule has 5 heteroatoms. The summed E-state index contributed by atoms with van der Waals surface area (Å²) in [5, 5.41) is 2.39. The predicted molar refractivity (Wildman–Crippen MR) is 142 cm³/mol. The maximum Gasteiger partial charge on any atom is 0.311 e. The Kier molecular flexibility index (Phi) is 6.66. The maximum absolute atomic E-state index is 12.8. The van der Waals surface area contributed by atoms with Crippen LogP contribution in [0.5, 0.6) is 0 Å². The number of cyclic esters (lactones) is 1. The molecular formula is C30H35NO3Si. The molecule has 2 saturated heterocycles. The van der Waals surface area contributed by atoms with Crippen LogP contribution in [-0.2, 0) is 20.5 Å². The fourth-order valence-electron chi connectivity index (χ4n) is 5.96. The van der Waals surface area contributed by atoms with E-state index in [1.807, 2.05) is 6.07 Å². The smallest absolute Gasteiger partial charge is 0.311 e. The van der Waals surface area contributed by atoms with Gasteiger partial charge in [0.2, 0.25) is 0 Å². The lowest BCUT2D eigenvalue weighted by molar-refractivity contribution is -0.146. The van der Waals surface area contributed by atoms with E-state index in [-0.39, 0.29) is 28.9 Å². The number of benzene rings is 3. The van der Waals surface area contributed by atoms with Crippen molar-refractivity contribution in [3.05, 3.63) is 96.6 Å². The van der Waals surface area contributed by atoms with Gasteiger partial charge in [-0.2, -0.15) is 0 Å². The Labute approximate surface area is 210 Å². The van der Waals surface area contributed by atoms with Crippen molar-refractivity contribution in [2.45, 2.75) is 38.5 Å². The van der Waals surface area contributed by atoms with E-state index in [1.165, 1.54) is 15.9 Å². The molecule has 0 aliphatic carbocycles. The Morgan fingerprint density at radius 1 is 0.857 bits per heavy atom. The number of likely N-dealkylation sites (tertiary alicyclic amines) is 1. The van der Waals surface area contributed by atoms with Gasteiger partial charge in [0.25, 0.3) is 8.32 Å². The van der Waals surface area contributed by atoms with Gasteiger partial charge in [-0.05, 0) is 21.0 Å². The average molecular weight is 486 g/mol. The molecule has 4 nitrogen and oxygen atoms in total. The van der Waals surface area contributed by atoms with Crippen molar-refractivity contribution in [2.24, 2.45) is 11.8 Å². The van der Waals surface area contributed by atoms with Gasteiger partial charge in [-0.1, -0.05) is 112 Å². The van der Waals surface area contributed by atoms with Crippen molar-refractivity contribution in [2.75, 3.05) is 19.7 Å². The van der Waals surface area contributed by atoms with E-state index in [4.69, 9.17) is 9.16 Å². The molecule has 2 fully saturated rings. The van der Waals surface area contributed by atoms with Crippen molar-refractivity contribution < 1.29 is 14.0 Å². The molecule has 3 aromatic rings. The molecule has 0 aromatic heterocycles. The van der Waals surface area contributed by atoms with Gasteiger partial charge in [0.05, 0.1) is 12.5 Å². The zero-order valence-electron chi connectivity index (χ0n) is 20.9. The summed E-state index contributed by atoms with van der Waals surface area (Å²) >= 11 is 0. The third kappa shape index (κ3) is 4.60. The first kappa shape index (κ1) is 24.0. The molecule has 35 heavy (non-hydrogen) atoms. The molecule has 0 amide bonds. The number of nitrogens with zero attached hydrogens (tertiary/aromatic N) is 1. The molecule has 0 N–H and O–H groups in total. The standard InChI is InChI=1S/C30H35NO3Si/c1-30(2,3)35(24-15-9-5-10-16-24,25-17-11-6-12-18-25)33-22-28-26-20-31(21-27(26)29(32)34-28)19-23-13-7-4-8-14-23/h4-18,26-28H,19-22H2,1-3H3/t26-,27+,28+/m0/s1. The normalized spacial score (nSPS) is 22.7. The van der Waals surface area contributed by atoms with Gasteiger partial charge in [0, 0.05) is 25.6 Å². The van der Waals surface area contributed by atoms with Gasteiger partial charge in [0.15, 0.2) is 0 Å². The van der Waals surface area contributed by atoms with E-state index in [0.29, 0.717) is 6.61 Å². The zero-order chi connectivity index (χ0) is 24.5. The SMILES string of the molecule is CC(C)(C)[Si](OC[C@H]1OC(=O)[C@@H]2CN(Cc3ccccc3)C[C@H]12)(c1ccccc1)c1ccccc1. The lowest BCUT2D eigenvalue weighted by atomic mass is 9.94. The molecule has 182 valence electrons. The largest absolute Gasteiger partial charge is 0.459 e. The number of hydrogen-bond acceptors (Lipinski definition) is 4. The first-order valence-electron chi connectivity index (χ1n) is 12.6. The monoisotopic (exact) mass is 485 g/mol. The number of rotatable bonds is 7. The van der Waals surface area contributed by atoms with Gasteiger partial charge in [-0.25, -0.2) is 0 Å². The molecule has 2 heterocycles. The molecule has 3 atom stereocenters. The Hall–Kier alpha value is -2.73. The second-order valence-corrected chi connectivity index (χ2v) is 15.2. The molecule has 0 unspecified atom stereocenters. The summed E-state index contributed by atoms with van der Waals surface area (Å²) in [5.74, 6) is 0.0394. The van der Waals surface area contributed by atoms with E-state index in [9.17, 15) is 4.79 Å². The van der Waals surface area contributed by atoms with Crippen LogP contribution in [0.1, 0.15) is 26.3 Å². The summed E-state index contributed by atoms with van der Waals surface area (Å²) in [4.78, 5) is 15.2. The summed E-state index contributed by atoms with van der Waals surface area (Å²) in [7, 11) is -2.67. The molecule has 0 bridgehead atoms. The Morgan fingerprint density at radius 3 is 1.94 bits per heavy atom. The van der Waals surface area contributed by atoms with Crippen LogP contribution >= 0.6 is 0 Å². The molecule has 2 aliphatic heterocycles. The van der Waals surface area contributed by atoms with Crippen molar-refractivity contribution >= 4 is 24.7 Å². The summed E-state index contributed by atoms with van der Waals surface area (Å²) in [5.41, 5.74) is 1.28. The van der Waals surface area contributed by atoms with Crippen LogP contribution in [-0.4, -0.2) is 45.0 Å². The number of esters is 1. The minimum Gasteiger partial charge on any atom is -0.459 e. The number of carbonyl (C=O) groups excluding carboxylic acids is 1. The molecular weight excluding hydrogens is 450 g/mol. The molecule has 5 rings (SSSR count). The van der Waals surface area contributed by atoms with Crippen LogP contribution in [0.3, 0.4) is 0 Å². The van der Waals surface area contributed by atoms with Crippen LogP contribution < -0.4 is 10.4 Å². The highest BCUT2D eigenvalue weighted by molar-refractivity contribution is 6.99. The molecule has 0 spiro atoms. The first-order chi connectivity index (χ1) is 16.9. The lowest BCUT2D eigenvalue weighted by Gasteiger charge is -2.43. The van der Waals surface area contributed by atoms with Crippen molar-refractivity contribution in [3.63, 3.8) is 0 Å². The van der Waals surface area contributed by atoms with Crippen molar-refractivity contribution in [3.8, 4) is 0 Å². The zero-order valence-corrected chi connectivity index (χ0v) is 21.9. The minimum atomic E-state index is -2.67. The summed E-state index contributed by atoms with van der Waals surface area (Å²) < 4.78 is 13.0. The molecule has 0 saturated carbocycles. The van der Waals surface area contributed by atoms with Gasteiger partial charge < -0.3 is 9.16 Å². The maximum atomic E-state index is 12.8. The lowest BCUT2D eigenvalue weighted by Crippen LogP contribution is -2.67. The Balaban J connectivity index is 1.40. The minimum absolute atomic E-state index is 0.0635. The van der Waals surface area contributed by atoms with Crippen LogP contribution in [0.15, 0.2) is 91.0 Å². The Bertz CT molecular complexity index is 1090. The topological polar surface area (TPSA) is 38.8 Å². The third-order valence-electron chi connectivity index (χ3n) is 7.62. The van der Waals surface area contributed by atoms with Crippen LogP contribution in [0, 0.1) is 11.8 Å². The summed E-state index contributed by atoms with van der Waals surface area (Å²) in [6, 6.07) is 31.8. The molecule has 2 aliphatic rings. The van der Waals surface area contributed by atoms with Crippen molar-refractivity contribution in [1.82, 2.24) is 4.90 Å². The highest BCUT2D eigenvalue weighted by atomic mass is 28.4. The van der Waals surface area contributed by atoms with Gasteiger partial charge in [-0.3, -0.25) is 9.69 Å². The van der Waals surface area contributed by atoms with Crippen LogP contribution in [0.2, 0.25) is 5.04 Å². The number of fused-ring (bicyclic) bond motifs is 1. The number of hydrogen-bond donors (Lipinski definition) is 0. The van der Waals surface area contributed by atoms with Gasteiger partial charge in [0.1, 0.15) is 6.10 Å². The van der Waals surface area contributed by atoms with Gasteiger partial charge in [-0.15, -0.1) is 0 Å². The van der Waals surface area contributed by atoms with E-state index in [2.05, 4.69) is 111 Å². The highest BCUT2D eigenvalue weighted by Crippen LogP contribution is 2.40. The quantitative estimate of drug-likeness (QED) is 0.371. The number of carbonyl (C=O) groups is 1. The van der Waals surface area contributed by atoms with E-state index >= 15 is 0 Å². The Morgan fingerprint density at radius 2 is 1.40 bits per heavy atom. The average Bonchev–Trinajstić information content (AvgIpc) is 3.40. The summed E-state index contributed by atoms with van der Waals surface area (Å²) in [6.45, 7) is 9.75. The second kappa shape index (κ2) is 9.73. The van der Waals surface area contributed by atoms with E-state index in [1.54, 1.807) is 0 Å².